The van der Waals surface area contributed by atoms with Gasteiger partial charge in [0.2, 0.25) is 10.0 Å². The summed E-state index contributed by atoms with van der Waals surface area (Å²) in [6.07, 6.45) is 3.73. The summed E-state index contributed by atoms with van der Waals surface area (Å²) >= 11 is 0. The van der Waals surface area contributed by atoms with E-state index in [1.54, 1.807) is 4.31 Å². The van der Waals surface area contributed by atoms with Crippen LogP contribution in [-0.2, 0) is 14.8 Å². The molecule has 21 heavy (non-hydrogen) atoms. The van der Waals surface area contributed by atoms with Crippen LogP contribution in [0.25, 0.3) is 0 Å². The van der Waals surface area contributed by atoms with Gasteiger partial charge in [0.1, 0.15) is 0 Å². The van der Waals surface area contributed by atoms with Gasteiger partial charge in [-0.3, -0.25) is 0 Å². The molecule has 5 nitrogen and oxygen atoms in total. The third-order valence-corrected chi connectivity index (χ3v) is 7.78. The molecule has 6 heteroatoms. The predicted octanol–water partition coefficient (Wildman–Crippen LogP) is 1.76. The fraction of sp³-hybridized carbons (Fsp3) is 0.933. The van der Waals surface area contributed by atoms with E-state index in [2.05, 4.69) is 6.07 Å². The molecule has 1 aliphatic carbocycles. The van der Waals surface area contributed by atoms with Gasteiger partial charge in [0.05, 0.1) is 31.1 Å². The number of hydrogen-bond donors (Lipinski definition) is 0. The molecule has 1 saturated carbocycles. The van der Waals surface area contributed by atoms with Gasteiger partial charge in [-0.1, -0.05) is 20.3 Å². The molecule has 0 radical (unpaired) electrons. The van der Waals surface area contributed by atoms with Crippen molar-refractivity contribution in [1.29, 1.82) is 5.26 Å². The Morgan fingerprint density at radius 1 is 1.38 bits per heavy atom. The fourth-order valence-corrected chi connectivity index (χ4v) is 6.59. The molecule has 0 aromatic heterocycles. The van der Waals surface area contributed by atoms with Crippen molar-refractivity contribution in [2.45, 2.75) is 45.6 Å². The van der Waals surface area contributed by atoms with E-state index in [0.29, 0.717) is 25.7 Å². The molecule has 1 spiro atoms. The second-order valence-electron chi connectivity index (χ2n) is 7.73. The second kappa shape index (κ2) is 4.94. The molecule has 3 fully saturated rings. The van der Waals surface area contributed by atoms with Crippen molar-refractivity contribution in [2.75, 3.05) is 25.5 Å². The van der Waals surface area contributed by atoms with Crippen LogP contribution >= 0.6 is 0 Å². The van der Waals surface area contributed by atoms with E-state index in [-0.39, 0.29) is 23.6 Å². The number of rotatable bonds is 4. The molecule has 0 aromatic carbocycles. The lowest BCUT2D eigenvalue weighted by Gasteiger charge is -2.42. The van der Waals surface area contributed by atoms with Crippen LogP contribution in [-0.4, -0.2) is 44.3 Å². The Labute approximate surface area is 127 Å². The van der Waals surface area contributed by atoms with Crippen molar-refractivity contribution >= 4 is 10.0 Å². The number of sulfonamides is 1. The molecule has 2 saturated heterocycles. The van der Waals surface area contributed by atoms with Gasteiger partial charge in [-0.2, -0.15) is 9.57 Å². The van der Waals surface area contributed by atoms with Crippen LogP contribution in [0.1, 0.15) is 39.5 Å². The lowest BCUT2D eigenvalue weighted by atomic mass is 9.62. The minimum atomic E-state index is -3.34. The zero-order valence-corrected chi connectivity index (χ0v) is 13.7. The Morgan fingerprint density at radius 3 is 2.67 bits per heavy atom. The Bertz CT molecular complexity index is 560. The summed E-state index contributed by atoms with van der Waals surface area (Å²) in [5.41, 5.74) is -0.328. The number of ether oxygens (including phenoxy) is 1. The molecule has 0 amide bonds. The van der Waals surface area contributed by atoms with Gasteiger partial charge < -0.3 is 4.74 Å². The Balaban J connectivity index is 1.81. The topological polar surface area (TPSA) is 70.4 Å². The first-order chi connectivity index (χ1) is 9.80. The average molecular weight is 312 g/mol. The summed E-state index contributed by atoms with van der Waals surface area (Å²) in [5, 5.41) is 8.87. The second-order valence-corrected chi connectivity index (χ2v) is 9.65. The normalized spacial score (nSPS) is 31.9. The number of nitriles is 1. The highest BCUT2D eigenvalue weighted by atomic mass is 32.2. The van der Waals surface area contributed by atoms with Crippen molar-refractivity contribution in [2.24, 2.45) is 16.7 Å². The third-order valence-electron chi connectivity index (χ3n) is 5.52. The number of nitrogens with zero attached hydrogens (tertiary/aromatic N) is 2. The highest BCUT2D eigenvalue weighted by Gasteiger charge is 2.60. The molecule has 3 aliphatic rings. The molecule has 0 unspecified atom stereocenters. The first-order valence-electron chi connectivity index (χ1n) is 7.74. The van der Waals surface area contributed by atoms with Gasteiger partial charge in [0, 0.05) is 18.9 Å². The van der Waals surface area contributed by atoms with Crippen LogP contribution in [0.15, 0.2) is 0 Å². The van der Waals surface area contributed by atoms with Gasteiger partial charge in [-0.05, 0) is 23.7 Å². The lowest BCUT2D eigenvalue weighted by molar-refractivity contribution is 0.0600. The van der Waals surface area contributed by atoms with Gasteiger partial charge in [-0.15, -0.1) is 0 Å². The molecule has 2 atom stereocenters. The Kier molecular flexibility index (Phi) is 3.59. The van der Waals surface area contributed by atoms with Crippen LogP contribution < -0.4 is 0 Å². The smallest absolute Gasteiger partial charge is 0.215 e. The largest absolute Gasteiger partial charge is 0.379 e. The summed E-state index contributed by atoms with van der Waals surface area (Å²) in [6, 6.07) is 2.12. The van der Waals surface area contributed by atoms with Crippen molar-refractivity contribution in [3.8, 4) is 6.07 Å². The van der Waals surface area contributed by atoms with Crippen LogP contribution in [0, 0.1) is 28.1 Å². The fourth-order valence-electron chi connectivity index (χ4n) is 4.26. The van der Waals surface area contributed by atoms with E-state index in [1.165, 1.54) is 6.42 Å². The van der Waals surface area contributed by atoms with E-state index in [4.69, 9.17) is 10.00 Å². The summed E-state index contributed by atoms with van der Waals surface area (Å²) in [7, 11) is -3.34. The van der Waals surface area contributed by atoms with E-state index < -0.39 is 15.4 Å². The quantitative estimate of drug-likeness (QED) is 0.793. The third kappa shape index (κ3) is 2.49. The number of fused-ring (bicyclic) bond motifs is 2. The Hall–Kier alpha value is -0.640. The maximum atomic E-state index is 12.9. The predicted molar refractivity (Wildman–Crippen MR) is 78.9 cm³/mol. The zero-order chi connectivity index (χ0) is 15.3. The zero-order valence-electron chi connectivity index (χ0n) is 12.8. The van der Waals surface area contributed by atoms with Gasteiger partial charge in [-0.25, -0.2) is 8.42 Å². The molecule has 0 bridgehead atoms. The van der Waals surface area contributed by atoms with Gasteiger partial charge in [0.25, 0.3) is 0 Å². The molecule has 0 N–H and O–H groups in total. The summed E-state index contributed by atoms with van der Waals surface area (Å²) in [6.45, 7) is 5.61. The van der Waals surface area contributed by atoms with E-state index in [0.717, 1.165) is 12.8 Å². The molecular weight excluding hydrogens is 288 g/mol. The first-order valence-corrected chi connectivity index (χ1v) is 9.35. The van der Waals surface area contributed by atoms with Crippen LogP contribution in [0.4, 0.5) is 0 Å². The van der Waals surface area contributed by atoms with Crippen molar-refractivity contribution < 1.29 is 13.2 Å². The maximum Gasteiger partial charge on any atom is 0.215 e. The lowest BCUT2D eigenvalue weighted by Crippen LogP contribution is -2.43. The molecule has 2 aliphatic heterocycles. The van der Waals surface area contributed by atoms with Crippen LogP contribution in [0.5, 0.6) is 0 Å². The summed E-state index contributed by atoms with van der Waals surface area (Å²) in [5.74, 6) is 0.424. The summed E-state index contributed by atoms with van der Waals surface area (Å²) in [4.78, 5) is 0. The minimum absolute atomic E-state index is 0.0215. The molecular formula is C15H24N2O3S. The van der Waals surface area contributed by atoms with Crippen molar-refractivity contribution in [1.82, 2.24) is 4.31 Å². The number of hydrogen-bond acceptors (Lipinski definition) is 4. The first kappa shape index (κ1) is 15.3. The minimum Gasteiger partial charge on any atom is -0.379 e. The van der Waals surface area contributed by atoms with Gasteiger partial charge >= 0.3 is 0 Å². The van der Waals surface area contributed by atoms with Crippen LogP contribution in [0.2, 0.25) is 0 Å². The average Bonchev–Trinajstić information content (AvgIpc) is 2.83. The standard InChI is InChI=1S/C15H24N2O3S/c1-14(2,6-7-16)11-21(18,19)17-10-15(4-3-5-15)12-8-20-9-13(12)17/h12-13H,3-6,8-11H2,1-2H3/t12-,13+/m1/s1. The highest BCUT2D eigenvalue weighted by molar-refractivity contribution is 7.89. The van der Waals surface area contributed by atoms with E-state index in [9.17, 15) is 8.42 Å². The molecule has 3 rings (SSSR count). The summed E-state index contributed by atoms with van der Waals surface area (Å²) < 4.78 is 33.0. The van der Waals surface area contributed by atoms with E-state index in [1.807, 2.05) is 13.8 Å². The van der Waals surface area contributed by atoms with Crippen molar-refractivity contribution in [3.63, 3.8) is 0 Å². The SMILES string of the molecule is CC(C)(CC#N)CS(=O)(=O)N1CC2(CCC2)[C@@H]2COC[C@@H]21. The maximum absolute atomic E-state index is 12.9. The van der Waals surface area contributed by atoms with E-state index >= 15 is 0 Å². The highest BCUT2D eigenvalue weighted by Crippen LogP contribution is 2.56. The molecule has 118 valence electrons. The molecule has 2 heterocycles. The monoisotopic (exact) mass is 312 g/mol. The van der Waals surface area contributed by atoms with Crippen molar-refractivity contribution in [3.05, 3.63) is 0 Å². The molecule has 0 aromatic rings. The van der Waals surface area contributed by atoms with Crippen LogP contribution in [0.3, 0.4) is 0 Å². The van der Waals surface area contributed by atoms with Gasteiger partial charge in [0.15, 0.2) is 0 Å². The Morgan fingerprint density at radius 2 is 2.10 bits per heavy atom.